The highest BCUT2D eigenvalue weighted by atomic mass is 32.1. The minimum atomic E-state index is -0.607. The number of hydrogen-bond acceptors (Lipinski definition) is 5. The summed E-state index contributed by atoms with van der Waals surface area (Å²) in [5, 5.41) is 0. The molecule has 0 aliphatic rings. The van der Waals surface area contributed by atoms with E-state index in [0.29, 0.717) is 10.4 Å². The summed E-state index contributed by atoms with van der Waals surface area (Å²) in [6, 6.07) is 8.75. The fraction of sp³-hybridized carbons (Fsp3) is 0.350. The fourth-order valence-corrected chi connectivity index (χ4v) is 3.70. The Morgan fingerprint density at radius 2 is 1.78 bits per heavy atom. The molecule has 0 fully saturated rings. The van der Waals surface area contributed by atoms with E-state index in [9.17, 15) is 14.4 Å². The summed E-state index contributed by atoms with van der Waals surface area (Å²) in [7, 11) is 0. The summed E-state index contributed by atoms with van der Waals surface area (Å²) in [5.74, 6) is -1.58. The third kappa shape index (κ3) is 5.92. The van der Waals surface area contributed by atoms with Crippen LogP contribution < -0.4 is 10.9 Å². The number of hydrazine groups is 1. The first-order valence-electron chi connectivity index (χ1n) is 8.89. The van der Waals surface area contributed by atoms with Crippen LogP contribution in [0.4, 0.5) is 0 Å². The van der Waals surface area contributed by atoms with E-state index in [1.807, 2.05) is 19.9 Å². The Morgan fingerprint density at radius 3 is 2.41 bits per heavy atom. The summed E-state index contributed by atoms with van der Waals surface area (Å²) in [6.07, 6.45) is 2.78. The van der Waals surface area contributed by atoms with E-state index in [4.69, 9.17) is 4.74 Å². The highest BCUT2D eigenvalue weighted by Gasteiger charge is 2.16. The number of carbonyl (C=O) groups is 3. The third-order valence-electron chi connectivity index (χ3n) is 3.92. The van der Waals surface area contributed by atoms with Crippen molar-refractivity contribution in [2.75, 3.05) is 6.61 Å². The van der Waals surface area contributed by atoms with Gasteiger partial charge in [-0.1, -0.05) is 38.0 Å². The normalized spacial score (nSPS) is 10.3. The summed E-state index contributed by atoms with van der Waals surface area (Å²) in [6.45, 7) is 5.59. The van der Waals surface area contributed by atoms with E-state index >= 15 is 0 Å². The molecule has 27 heavy (non-hydrogen) atoms. The number of hydrogen-bond donors (Lipinski definition) is 2. The Hall–Kier alpha value is -2.67. The second kappa shape index (κ2) is 9.87. The number of nitrogens with one attached hydrogen (secondary N) is 2. The van der Waals surface area contributed by atoms with Crippen molar-refractivity contribution >= 4 is 29.1 Å². The van der Waals surface area contributed by atoms with Crippen LogP contribution in [-0.4, -0.2) is 24.4 Å². The lowest BCUT2D eigenvalue weighted by Crippen LogP contribution is -2.43. The molecule has 2 N–H and O–H groups in total. The molecule has 1 aromatic carbocycles. The molecule has 0 aliphatic heterocycles. The van der Waals surface area contributed by atoms with Crippen LogP contribution >= 0.6 is 11.3 Å². The van der Waals surface area contributed by atoms with Gasteiger partial charge in [0.25, 0.3) is 11.8 Å². The van der Waals surface area contributed by atoms with Crippen molar-refractivity contribution in [2.45, 2.75) is 40.0 Å². The number of amides is 2. The second-order valence-electron chi connectivity index (χ2n) is 6.11. The zero-order valence-electron chi connectivity index (χ0n) is 15.8. The van der Waals surface area contributed by atoms with Gasteiger partial charge in [0.2, 0.25) is 0 Å². The van der Waals surface area contributed by atoms with E-state index < -0.39 is 24.4 Å². The number of carbonyl (C=O) groups excluding carboxylic acids is 3. The predicted molar refractivity (Wildman–Crippen MR) is 105 cm³/mol. The minimum Gasteiger partial charge on any atom is -0.451 e. The first-order valence-corrected chi connectivity index (χ1v) is 9.70. The van der Waals surface area contributed by atoms with Gasteiger partial charge in [-0.25, -0.2) is 4.79 Å². The molecule has 144 valence electrons. The van der Waals surface area contributed by atoms with Crippen LogP contribution in [0.3, 0.4) is 0 Å². The molecule has 0 unspecified atom stereocenters. The van der Waals surface area contributed by atoms with Crippen LogP contribution in [0.2, 0.25) is 0 Å². The number of aryl methyl sites for hydroxylation is 3. The van der Waals surface area contributed by atoms with Gasteiger partial charge in [-0.3, -0.25) is 20.4 Å². The molecular formula is C20H24N2O4S. The van der Waals surface area contributed by atoms with Crippen LogP contribution in [0, 0.1) is 6.92 Å². The fourth-order valence-electron chi connectivity index (χ4n) is 2.45. The van der Waals surface area contributed by atoms with Crippen molar-refractivity contribution in [3.63, 3.8) is 0 Å². The highest BCUT2D eigenvalue weighted by Crippen LogP contribution is 2.25. The van der Waals surface area contributed by atoms with Crippen LogP contribution in [0.5, 0.6) is 0 Å². The number of thiophene rings is 1. The number of esters is 1. The molecule has 0 radical (unpaired) electrons. The number of rotatable bonds is 7. The van der Waals surface area contributed by atoms with Gasteiger partial charge in [0.15, 0.2) is 6.61 Å². The molecular weight excluding hydrogens is 364 g/mol. The van der Waals surface area contributed by atoms with Crippen molar-refractivity contribution in [1.82, 2.24) is 10.9 Å². The molecule has 0 bridgehead atoms. The van der Waals surface area contributed by atoms with Gasteiger partial charge in [-0.05, 0) is 43.5 Å². The number of ether oxygens (including phenoxy) is 1. The van der Waals surface area contributed by atoms with E-state index in [2.05, 4.69) is 17.8 Å². The van der Waals surface area contributed by atoms with Gasteiger partial charge in [0, 0.05) is 10.4 Å². The zero-order chi connectivity index (χ0) is 19.8. The summed E-state index contributed by atoms with van der Waals surface area (Å²) in [5.41, 5.74) is 7.13. The molecule has 2 amide bonds. The average Bonchev–Trinajstić information content (AvgIpc) is 3.08. The average molecular weight is 388 g/mol. The Balaban J connectivity index is 1.81. The van der Waals surface area contributed by atoms with Crippen molar-refractivity contribution in [2.24, 2.45) is 0 Å². The Bertz CT molecular complexity index is 812. The maximum atomic E-state index is 12.1. The first-order chi connectivity index (χ1) is 12.9. The Morgan fingerprint density at radius 1 is 1.07 bits per heavy atom. The van der Waals surface area contributed by atoms with Gasteiger partial charge in [0.1, 0.15) is 4.88 Å². The molecule has 1 heterocycles. The molecule has 0 atom stereocenters. The SMILES string of the molecule is CCCc1sc(C(=O)OCC(=O)NNC(=O)c2ccc(C)cc2)cc1CC. The lowest BCUT2D eigenvalue weighted by molar-refractivity contribution is -0.125. The lowest BCUT2D eigenvalue weighted by atomic mass is 10.1. The molecule has 1 aromatic heterocycles. The van der Waals surface area contributed by atoms with E-state index in [0.717, 1.165) is 30.4 Å². The standard InChI is InChI=1S/C20H24N2O4S/c1-4-6-16-14(5-2)11-17(27-16)20(25)26-12-18(23)21-22-19(24)15-9-7-13(3)8-10-15/h7-11H,4-6,12H2,1-3H3,(H,21,23)(H,22,24). The first kappa shape index (κ1) is 20.6. The van der Waals surface area contributed by atoms with E-state index in [-0.39, 0.29) is 0 Å². The van der Waals surface area contributed by atoms with Gasteiger partial charge >= 0.3 is 5.97 Å². The summed E-state index contributed by atoms with van der Waals surface area (Å²) >= 11 is 1.41. The van der Waals surface area contributed by atoms with Crippen molar-refractivity contribution in [1.29, 1.82) is 0 Å². The molecule has 0 saturated heterocycles. The van der Waals surface area contributed by atoms with Crippen molar-refractivity contribution in [3.05, 3.63) is 56.8 Å². The Kier molecular flexibility index (Phi) is 7.55. The Labute approximate surface area is 162 Å². The van der Waals surface area contributed by atoms with Crippen LogP contribution in [0.1, 0.15) is 56.3 Å². The van der Waals surface area contributed by atoms with Gasteiger partial charge in [-0.15, -0.1) is 11.3 Å². The summed E-state index contributed by atoms with van der Waals surface area (Å²) < 4.78 is 5.04. The molecule has 0 spiro atoms. The van der Waals surface area contributed by atoms with Gasteiger partial charge in [-0.2, -0.15) is 0 Å². The number of benzene rings is 1. The second-order valence-corrected chi connectivity index (χ2v) is 7.24. The van der Waals surface area contributed by atoms with Gasteiger partial charge in [0.05, 0.1) is 0 Å². The quantitative estimate of drug-likeness (QED) is 0.564. The largest absolute Gasteiger partial charge is 0.451 e. The topological polar surface area (TPSA) is 84.5 Å². The maximum Gasteiger partial charge on any atom is 0.348 e. The zero-order valence-corrected chi connectivity index (χ0v) is 16.6. The van der Waals surface area contributed by atoms with Crippen LogP contribution in [0.25, 0.3) is 0 Å². The molecule has 0 saturated carbocycles. The lowest BCUT2D eigenvalue weighted by Gasteiger charge is -2.08. The smallest absolute Gasteiger partial charge is 0.348 e. The molecule has 2 rings (SSSR count). The van der Waals surface area contributed by atoms with E-state index in [1.165, 1.54) is 16.2 Å². The maximum absolute atomic E-state index is 12.1. The molecule has 6 nitrogen and oxygen atoms in total. The third-order valence-corrected chi connectivity index (χ3v) is 5.14. The summed E-state index contributed by atoms with van der Waals surface area (Å²) in [4.78, 5) is 37.5. The molecule has 2 aromatic rings. The predicted octanol–water partition coefficient (Wildman–Crippen LogP) is 3.19. The van der Waals surface area contributed by atoms with Crippen molar-refractivity contribution in [3.8, 4) is 0 Å². The van der Waals surface area contributed by atoms with Crippen molar-refractivity contribution < 1.29 is 19.1 Å². The highest BCUT2D eigenvalue weighted by molar-refractivity contribution is 7.14. The monoisotopic (exact) mass is 388 g/mol. The molecule has 7 heteroatoms. The minimum absolute atomic E-state index is 0.423. The van der Waals surface area contributed by atoms with Crippen LogP contribution in [-0.2, 0) is 22.4 Å². The van der Waals surface area contributed by atoms with Gasteiger partial charge < -0.3 is 4.74 Å². The van der Waals surface area contributed by atoms with Crippen LogP contribution in [0.15, 0.2) is 30.3 Å². The molecule has 0 aliphatic carbocycles. The van der Waals surface area contributed by atoms with E-state index in [1.54, 1.807) is 24.3 Å².